The molecular formula is C20H20ClN2O5S-. The van der Waals surface area contributed by atoms with Gasteiger partial charge < -0.3 is 15.2 Å². The average Bonchev–Trinajstić information content (AvgIpc) is 2.70. The molecule has 1 atom stereocenters. The van der Waals surface area contributed by atoms with Crippen LogP contribution >= 0.6 is 11.6 Å². The molecule has 1 fully saturated rings. The number of aromatic carboxylic acids is 1. The van der Waals surface area contributed by atoms with Crippen LogP contribution in [0.4, 0.5) is 5.69 Å². The van der Waals surface area contributed by atoms with Gasteiger partial charge >= 0.3 is 0 Å². The minimum Gasteiger partial charge on any atom is -0.545 e. The van der Waals surface area contributed by atoms with E-state index in [1.54, 1.807) is 13.0 Å². The third kappa shape index (κ3) is 4.77. The predicted molar refractivity (Wildman–Crippen MR) is 107 cm³/mol. The second-order valence-corrected chi connectivity index (χ2v) is 9.31. The number of carboxylic acid groups (broad SMARTS) is 1. The Balaban J connectivity index is 1.71. The number of nitrogens with zero attached hydrogens (tertiary/aromatic N) is 1. The van der Waals surface area contributed by atoms with Gasteiger partial charge in [-0.05, 0) is 61.2 Å². The highest BCUT2D eigenvalue weighted by Crippen LogP contribution is 2.27. The Labute approximate surface area is 174 Å². The maximum absolute atomic E-state index is 13.0. The zero-order chi connectivity index (χ0) is 21.2. The topological polar surface area (TPSA) is 107 Å². The zero-order valence-electron chi connectivity index (χ0n) is 15.7. The molecular weight excluding hydrogens is 416 g/mol. The quantitative estimate of drug-likeness (QED) is 0.773. The van der Waals surface area contributed by atoms with Crippen molar-refractivity contribution in [3.63, 3.8) is 0 Å². The summed E-state index contributed by atoms with van der Waals surface area (Å²) in [6.45, 7) is 2.15. The van der Waals surface area contributed by atoms with Gasteiger partial charge in [-0.15, -0.1) is 0 Å². The van der Waals surface area contributed by atoms with Gasteiger partial charge in [0, 0.05) is 23.8 Å². The standard InChI is InChI=1S/C20H21ClN2O5S/c1-13-11-17(8-9-18(13)21)29(27,28)23-10-2-3-15(12-23)19(24)22-16-6-4-14(5-7-16)20(25)26/h4-9,11,15H,2-3,10,12H2,1H3,(H,22,24)(H,25,26)/p-1/t15-/m0/s1. The summed E-state index contributed by atoms with van der Waals surface area (Å²) in [7, 11) is -3.73. The van der Waals surface area contributed by atoms with E-state index in [1.807, 2.05) is 0 Å². The molecule has 29 heavy (non-hydrogen) atoms. The smallest absolute Gasteiger partial charge is 0.243 e. The lowest BCUT2D eigenvalue weighted by molar-refractivity contribution is -0.255. The lowest BCUT2D eigenvalue weighted by Crippen LogP contribution is -2.43. The number of hydrogen-bond donors (Lipinski definition) is 1. The van der Waals surface area contributed by atoms with Gasteiger partial charge in [0.1, 0.15) is 0 Å². The number of amides is 1. The molecule has 1 saturated heterocycles. The lowest BCUT2D eigenvalue weighted by Gasteiger charge is -2.31. The first kappa shape index (κ1) is 21.3. The summed E-state index contributed by atoms with van der Waals surface area (Å²) >= 11 is 5.99. The summed E-state index contributed by atoms with van der Waals surface area (Å²) in [6, 6.07) is 10.2. The molecule has 0 bridgehead atoms. The average molecular weight is 436 g/mol. The highest BCUT2D eigenvalue weighted by atomic mass is 35.5. The van der Waals surface area contributed by atoms with Crippen molar-refractivity contribution >= 4 is 39.2 Å². The van der Waals surface area contributed by atoms with Crippen LogP contribution < -0.4 is 10.4 Å². The molecule has 3 rings (SSSR count). The van der Waals surface area contributed by atoms with Gasteiger partial charge in [-0.2, -0.15) is 4.31 Å². The molecule has 0 aromatic heterocycles. The number of benzene rings is 2. The van der Waals surface area contributed by atoms with E-state index in [2.05, 4.69) is 5.32 Å². The van der Waals surface area contributed by atoms with E-state index in [-0.39, 0.29) is 22.9 Å². The van der Waals surface area contributed by atoms with Gasteiger partial charge in [-0.1, -0.05) is 23.7 Å². The third-order valence-electron chi connectivity index (χ3n) is 4.91. The highest BCUT2D eigenvalue weighted by Gasteiger charge is 2.33. The van der Waals surface area contributed by atoms with E-state index < -0.39 is 21.9 Å². The van der Waals surface area contributed by atoms with Crippen LogP contribution in [-0.4, -0.2) is 37.7 Å². The fourth-order valence-corrected chi connectivity index (χ4v) is 4.96. The fraction of sp³-hybridized carbons (Fsp3) is 0.300. The molecule has 2 aromatic rings. The Morgan fingerprint density at radius 1 is 1.17 bits per heavy atom. The molecule has 9 heteroatoms. The fourth-order valence-electron chi connectivity index (χ4n) is 3.24. The Bertz CT molecular complexity index is 1040. The summed E-state index contributed by atoms with van der Waals surface area (Å²) in [4.78, 5) is 23.6. The summed E-state index contributed by atoms with van der Waals surface area (Å²) in [5.41, 5.74) is 1.11. The maximum Gasteiger partial charge on any atom is 0.243 e. The Hall–Kier alpha value is -2.42. The molecule has 1 aliphatic heterocycles. The van der Waals surface area contributed by atoms with Gasteiger partial charge in [0.2, 0.25) is 15.9 Å². The Morgan fingerprint density at radius 3 is 2.48 bits per heavy atom. The predicted octanol–water partition coefficient (Wildman–Crippen LogP) is 2.05. The summed E-state index contributed by atoms with van der Waals surface area (Å²) in [6.07, 6.45) is 1.13. The number of aryl methyl sites for hydroxylation is 1. The number of sulfonamides is 1. The number of rotatable bonds is 5. The van der Waals surface area contributed by atoms with Crippen LogP contribution in [0.2, 0.25) is 5.02 Å². The van der Waals surface area contributed by atoms with Crippen molar-refractivity contribution in [2.75, 3.05) is 18.4 Å². The van der Waals surface area contributed by atoms with Crippen LogP contribution in [0.1, 0.15) is 28.8 Å². The van der Waals surface area contributed by atoms with Crippen LogP contribution in [0.15, 0.2) is 47.4 Å². The van der Waals surface area contributed by atoms with Crippen LogP contribution in [0.3, 0.4) is 0 Å². The van der Waals surface area contributed by atoms with E-state index in [9.17, 15) is 23.1 Å². The molecule has 2 aromatic carbocycles. The number of piperidine rings is 1. The molecule has 154 valence electrons. The number of hydrogen-bond acceptors (Lipinski definition) is 5. The van der Waals surface area contributed by atoms with E-state index in [0.717, 1.165) is 0 Å². The minimum atomic E-state index is -3.73. The van der Waals surface area contributed by atoms with Crippen LogP contribution in [-0.2, 0) is 14.8 Å². The van der Waals surface area contributed by atoms with Crippen molar-refractivity contribution in [2.45, 2.75) is 24.7 Å². The molecule has 0 radical (unpaired) electrons. The van der Waals surface area contributed by atoms with Crippen molar-refractivity contribution < 1.29 is 23.1 Å². The lowest BCUT2D eigenvalue weighted by atomic mass is 9.98. The third-order valence-corrected chi connectivity index (χ3v) is 7.20. The number of anilines is 1. The normalized spacial score (nSPS) is 17.7. The molecule has 1 N–H and O–H groups in total. The summed E-state index contributed by atoms with van der Waals surface area (Å²) < 4.78 is 27.3. The van der Waals surface area contributed by atoms with Crippen molar-refractivity contribution in [2.24, 2.45) is 5.92 Å². The Morgan fingerprint density at radius 2 is 1.86 bits per heavy atom. The zero-order valence-corrected chi connectivity index (χ0v) is 17.3. The van der Waals surface area contributed by atoms with Gasteiger partial charge in [-0.25, -0.2) is 8.42 Å². The van der Waals surface area contributed by atoms with Crippen LogP contribution in [0, 0.1) is 12.8 Å². The highest BCUT2D eigenvalue weighted by molar-refractivity contribution is 7.89. The van der Waals surface area contributed by atoms with E-state index in [1.165, 1.54) is 40.7 Å². The molecule has 7 nitrogen and oxygen atoms in total. The number of halogens is 1. The molecule has 0 spiro atoms. The van der Waals surface area contributed by atoms with Crippen molar-refractivity contribution in [3.05, 3.63) is 58.6 Å². The second-order valence-electron chi connectivity index (χ2n) is 6.97. The van der Waals surface area contributed by atoms with Crippen LogP contribution in [0.5, 0.6) is 0 Å². The molecule has 0 unspecified atom stereocenters. The van der Waals surface area contributed by atoms with Gasteiger partial charge in [0.05, 0.1) is 16.8 Å². The molecule has 0 saturated carbocycles. The van der Waals surface area contributed by atoms with E-state index in [0.29, 0.717) is 35.7 Å². The first-order valence-electron chi connectivity index (χ1n) is 9.07. The number of carbonyl (C=O) groups is 2. The van der Waals surface area contributed by atoms with Crippen LogP contribution in [0.25, 0.3) is 0 Å². The van der Waals surface area contributed by atoms with E-state index >= 15 is 0 Å². The summed E-state index contributed by atoms with van der Waals surface area (Å²) in [5.74, 6) is -2.11. The monoisotopic (exact) mass is 435 g/mol. The molecule has 1 amide bonds. The number of carboxylic acids is 1. The van der Waals surface area contributed by atoms with Gasteiger partial charge in [0.25, 0.3) is 0 Å². The molecule has 1 heterocycles. The SMILES string of the molecule is Cc1cc(S(=O)(=O)N2CCC[C@H](C(=O)Nc3ccc(C(=O)[O-])cc3)C2)ccc1Cl. The number of nitrogens with one attached hydrogen (secondary N) is 1. The van der Waals surface area contributed by atoms with E-state index in [4.69, 9.17) is 11.6 Å². The van der Waals surface area contributed by atoms with Crippen molar-refractivity contribution in [1.29, 1.82) is 0 Å². The first-order valence-corrected chi connectivity index (χ1v) is 10.9. The minimum absolute atomic E-state index is 0.0104. The Kier molecular flexibility index (Phi) is 6.26. The largest absolute Gasteiger partial charge is 0.545 e. The first-order chi connectivity index (χ1) is 13.7. The molecule has 1 aliphatic rings. The summed E-state index contributed by atoms with van der Waals surface area (Å²) in [5, 5.41) is 14.0. The van der Waals surface area contributed by atoms with Gasteiger partial charge in [-0.3, -0.25) is 4.79 Å². The molecule has 0 aliphatic carbocycles. The second kappa shape index (κ2) is 8.52. The van der Waals surface area contributed by atoms with Crippen molar-refractivity contribution in [1.82, 2.24) is 4.31 Å². The van der Waals surface area contributed by atoms with Crippen molar-refractivity contribution in [3.8, 4) is 0 Å². The van der Waals surface area contributed by atoms with Gasteiger partial charge in [0.15, 0.2) is 0 Å². The maximum atomic E-state index is 13.0. The number of carbonyl (C=O) groups excluding carboxylic acids is 2.